The maximum absolute atomic E-state index is 12.9. The van der Waals surface area contributed by atoms with Gasteiger partial charge in [0.2, 0.25) is 0 Å². The van der Waals surface area contributed by atoms with Crippen molar-refractivity contribution in [3.63, 3.8) is 0 Å². The van der Waals surface area contributed by atoms with Crippen LogP contribution < -0.4 is 21.7 Å². The molecule has 29 heavy (non-hydrogen) atoms. The van der Waals surface area contributed by atoms with Gasteiger partial charge in [-0.25, -0.2) is 4.98 Å². The van der Waals surface area contributed by atoms with Crippen LogP contribution in [0.25, 0.3) is 10.6 Å². The van der Waals surface area contributed by atoms with E-state index >= 15 is 0 Å². The number of hydrogen-bond donors (Lipinski definition) is 3. The molecule has 10 nitrogen and oxygen atoms in total. The molecule has 1 amide bonds. The van der Waals surface area contributed by atoms with Crippen molar-refractivity contribution in [2.45, 2.75) is 25.3 Å². The van der Waals surface area contributed by atoms with Crippen LogP contribution in [0.2, 0.25) is 0 Å². The molecular formula is C18H25N9OS. The third-order valence-corrected chi connectivity index (χ3v) is 5.98. The highest BCUT2D eigenvalue weighted by molar-refractivity contribution is 7.19. The molecule has 5 N–H and O–H groups in total. The first-order valence-electron chi connectivity index (χ1n) is 9.51. The molecule has 0 saturated carbocycles. The minimum absolute atomic E-state index is 0.210. The minimum Gasteiger partial charge on any atom is -0.389 e. The third kappa shape index (κ3) is 3.96. The average Bonchev–Trinajstić information content (AvgIpc) is 3.33. The summed E-state index contributed by atoms with van der Waals surface area (Å²) in [6, 6.07) is 0.215. The first-order valence-corrected chi connectivity index (χ1v) is 10.3. The lowest BCUT2D eigenvalue weighted by atomic mass is 10.1. The smallest absolute Gasteiger partial charge is 0.277 e. The van der Waals surface area contributed by atoms with Crippen molar-refractivity contribution in [2.75, 3.05) is 29.0 Å². The topological polar surface area (TPSA) is 133 Å². The number of amides is 1. The summed E-state index contributed by atoms with van der Waals surface area (Å²) in [6.07, 6.45) is 8.11. The largest absolute Gasteiger partial charge is 0.389 e. The fraction of sp³-hybridized carbons (Fsp3) is 0.444. The van der Waals surface area contributed by atoms with Gasteiger partial charge in [-0.15, -0.1) is 0 Å². The zero-order valence-corrected chi connectivity index (χ0v) is 17.3. The Kier molecular flexibility index (Phi) is 5.24. The maximum atomic E-state index is 12.9. The van der Waals surface area contributed by atoms with Crippen LogP contribution in [0.5, 0.6) is 0 Å². The summed E-state index contributed by atoms with van der Waals surface area (Å²) >= 11 is 1.27. The van der Waals surface area contributed by atoms with Gasteiger partial charge in [0.05, 0.1) is 12.4 Å². The van der Waals surface area contributed by atoms with E-state index in [1.165, 1.54) is 11.3 Å². The van der Waals surface area contributed by atoms with Crippen molar-refractivity contribution in [1.82, 2.24) is 24.5 Å². The molecule has 1 aliphatic heterocycles. The molecule has 4 rings (SSSR count). The fourth-order valence-corrected chi connectivity index (χ4v) is 4.36. The highest BCUT2D eigenvalue weighted by Crippen LogP contribution is 2.32. The van der Waals surface area contributed by atoms with Crippen molar-refractivity contribution in [1.29, 1.82) is 0 Å². The van der Waals surface area contributed by atoms with Crippen molar-refractivity contribution < 1.29 is 4.79 Å². The lowest BCUT2D eigenvalue weighted by Crippen LogP contribution is -2.29. The number of nitrogens with one attached hydrogen (secondary N) is 1. The van der Waals surface area contributed by atoms with E-state index in [4.69, 9.17) is 11.5 Å². The molecule has 4 heterocycles. The van der Waals surface area contributed by atoms with Crippen LogP contribution in [0.3, 0.4) is 0 Å². The van der Waals surface area contributed by atoms with Crippen LogP contribution in [-0.2, 0) is 14.1 Å². The van der Waals surface area contributed by atoms with Crippen LogP contribution in [0, 0.1) is 0 Å². The Morgan fingerprint density at radius 1 is 1.24 bits per heavy atom. The molecule has 3 aromatic heterocycles. The fourth-order valence-electron chi connectivity index (χ4n) is 3.56. The number of nitrogen functional groups attached to an aromatic ring is 1. The van der Waals surface area contributed by atoms with Crippen molar-refractivity contribution >= 4 is 33.8 Å². The number of aromatic nitrogens is 5. The number of carbonyl (C=O) groups excluding carboxylic acids is 1. The molecule has 3 aromatic rings. The second kappa shape index (κ2) is 7.84. The van der Waals surface area contributed by atoms with E-state index in [9.17, 15) is 4.79 Å². The molecule has 154 valence electrons. The van der Waals surface area contributed by atoms with Crippen molar-refractivity contribution in [3.8, 4) is 10.6 Å². The minimum atomic E-state index is -0.352. The molecule has 1 saturated heterocycles. The Morgan fingerprint density at radius 3 is 2.83 bits per heavy atom. The molecule has 1 atom stereocenters. The van der Waals surface area contributed by atoms with Crippen LogP contribution in [0.15, 0.2) is 18.6 Å². The number of nitrogens with two attached hydrogens (primary N) is 2. The quantitative estimate of drug-likeness (QED) is 0.587. The summed E-state index contributed by atoms with van der Waals surface area (Å²) in [4.78, 5) is 19.6. The van der Waals surface area contributed by atoms with E-state index in [-0.39, 0.29) is 17.6 Å². The van der Waals surface area contributed by atoms with Crippen LogP contribution in [0.1, 0.15) is 29.8 Å². The van der Waals surface area contributed by atoms with Gasteiger partial charge in [-0.05, 0) is 19.3 Å². The Hall–Kier alpha value is -2.92. The Balaban J connectivity index is 1.56. The van der Waals surface area contributed by atoms with Crippen LogP contribution in [-0.4, -0.2) is 49.6 Å². The molecule has 0 spiro atoms. The molecule has 1 aliphatic rings. The maximum Gasteiger partial charge on any atom is 0.277 e. The number of nitrogens with zero attached hydrogens (tertiary/aromatic N) is 6. The zero-order chi connectivity index (χ0) is 20.5. The van der Waals surface area contributed by atoms with Crippen LogP contribution in [0.4, 0.5) is 16.5 Å². The lowest BCUT2D eigenvalue weighted by molar-refractivity contribution is 0.102. The molecule has 0 aliphatic carbocycles. The van der Waals surface area contributed by atoms with Gasteiger partial charge in [-0.3, -0.25) is 14.2 Å². The number of carbonyl (C=O) groups is 1. The molecule has 0 radical (unpaired) electrons. The Morgan fingerprint density at radius 2 is 2.07 bits per heavy atom. The molecule has 1 unspecified atom stereocenters. The van der Waals surface area contributed by atoms with E-state index < -0.39 is 0 Å². The normalized spacial score (nSPS) is 17.3. The van der Waals surface area contributed by atoms with E-state index in [1.807, 2.05) is 20.3 Å². The van der Waals surface area contributed by atoms with Gasteiger partial charge in [0.1, 0.15) is 15.7 Å². The first-order chi connectivity index (χ1) is 13.9. The Bertz CT molecular complexity index is 1020. The lowest BCUT2D eigenvalue weighted by Gasteiger charge is -2.24. The second-order valence-corrected chi connectivity index (χ2v) is 8.30. The number of rotatable bonds is 4. The number of hydrogen-bond acceptors (Lipinski definition) is 8. The molecule has 1 fully saturated rings. The summed E-state index contributed by atoms with van der Waals surface area (Å²) in [6.45, 7) is 1.70. The SMILES string of the molecule is Cn1cc(-c2nc(C(=O)Nc3cnn(C)c3N3CCCC(N)CC3)c(N)s2)cn1. The van der Waals surface area contributed by atoms with E-state index in [1.54, 1.807) is 21.8 Å². The van der Waals surface area contributed by atoms with Gasteiger partial charge in [0.25, 0.3) is 5.91 Å². The van der Waals surface area contributed by atoms with E-state index in [2.05, 4.69) is 25.4 Å². The molecule has 0 aromatic carbocycles. The second-order valence-electron chi connectivity index (χ2n) is 7.27. The summed E-state index contributed by atoms with van der Waals surface area (Å²) in [5, 5.41) is 12.4. The third-order valence-electron chi connectivity index (χ3n) is 5.05. The van der Waals surface area contributed by atoms with E-state index in [0.29, 0.717) is 15.7 Å². The molecule has 11 heteroatoms. The van der Waals surface area contributed by atoms with Gasteiger partial charge in [0.15, 0.2) is 11.5 Å². The van der Waals surface area contributed by atoms with E-state index in [0.717, 1.165) is 43.7 Å². The van der Waals surface area contributed by atoms with Gasteiger partial charge < -0.3 is 21.7 Å². The number of thiazole rings is 1. The summed E-state index contributed by atoms with van der Waals surface area (Å²) in [5.41, 5.74) is 13.9. The highest BCUT2D eigenvalue weighted by Gasteiger charge is 2.24. The summed E-state index contributed by atoms with van der Waals surface area (Å²) < 4.78 is 3.46. The average molecular weight is 416 g/mol. The van der Waals surface area contributed by atoms with Crippen LogP contribution >= 0.6 is 11.3 Å². The standard InChI is InChI=1S/C18H25N9OS/c1-25-10-11(8-21-25)17-24-14(15(20)29-17)16(28)23-13-9-22-26(2)18(13)27-6-3-4-12(19)5-7-27/h8-10,12H,3-7,19-20H2,1-2H3,(H,23,28). The molecular weight excluding hydrogens is 390 g/mol. The van der Waals surface area contributed by atoms with Crippen molar-refractivity contribution in [3.05, 3.63) is 24.3 Å². The highest BCUT2D eigenvalue weighted by atomic mass is 32.1. The summed E-state index contributed by atoms with van der Waals surface area (Å²) in [7, 11) is 3.70. The van der Waals surface area contributed by atoms with Gasteiger partial charge in [-0.1, -0.05) is 11.3 Å². The monoisotopic (exact) mass is 415 g/mol. The van der Waals surface area contributed by atoms with Crippen molar-refractivity contribution in [2.24, 2.45) is 19.8 Å². The molecule has 0 bridgehead atoms. The van der Waals surface area contributed by atoms with Gasteiger partial charge in [0, 0.05) is 45.0 Å². The zero-order valence-electron chi connectivity index (χ0n) is 16.5. The summed E-state index contributed by atoms with van der Waals surface area (Å²) in [5.74, 6) is 0.517. The predicted molar refractivity (Wildman–Crippen MR) is 114 cm³/mol. The predicted octanol–water partition coefficient (Wildman–Crippen LogP) is 1.43. The number of aryl methyl sites for hydroxylation is 2. The first kappa shape index (κ1) is 19.4. The van der Waals surface area contributed by atoms with Gasteiger partial charge >= 0.3 is 0 Å². The Labute approximate surface area is 172 Å². The van der Waals surface area contributed by atoms with Gasteiger partial charge in [-0.2, -0.15) is 10.2 Å². The number of anilines is 3.